The van der Waals surface area contributed by atoms with Crippen molar-refractivity contribution in [1.29, 1.82) is 0 Å². The summed E-state index contributed by atoms with van der Waals surface area (Å²) in [7, 11) is 1.89. The maximum absolute atomic E-state index is 6.10. The van der Waals surface area contributed by atoms with Crippen LogP contribution in [0.2, 0.25) is 10.0 Å². The Balaban J connectivity index is 2.36. The topological polar surface area (TPSA) is 21.3 Å². The SMILES string of the molecule is CNCc1ccc(Br)cc1Oc1cc(Cl)ccc1Cl. The molecule has 0 amide bonds. The lowest BCUT2D eigenvalue weighted by molar-refractivity contribution is 0.474. The number of rotatable bonds is 4. The Bertz CT molecular complexity index is 590. The zero-order chi connectivity index (χ0) is 13.8. The smallest absolute Gasteiger partial charge is 0.147 e. The van der Waals surface area contributed by atoms with Gasteiger partial charge in [-0.05, 0) is 31.3 Å². The van der Waals surface area contributed by atoms with Crippen LogP contribution in [0.15, 0.2) is 40.9 Å². The van der Waals surface area contributed by atoms with E-state index in [-0.39, 0.29) is 0 Å². The van der Waals surface area contributed by atoms with Gasteiger partial charge in [0.15, 0.2) is 0 Å². The summed E-state index contributed by atoms with van der Waals surface area (Å²) in [4.78, 5) is 0. The molecule has 0 aliphatic heterocycles. The molecule has 2 rings (SSSR count). The second-order valence-electron chi connectivity index (χ2n) is 3.96. The van der Waals surface area contributed by atoms with Crippen LogP contribution in [0.3, 0.4) is 0 Å². The van der Waals surface area contributed by atoms with E-state index in [2.05, 4.69) is 21.2 Å². The van der Waals surface area contributed by atoms with Crippen molar-refractivity contribution in [3.8, 4) is 11.5 Å². The average molecular weight is 361 g/mol. The first-order valence-electron chi connectivity index (χ1n) is 5.66. The van der Waals surface area contributed by atoms with Crippen LogP contribution in [-0.4, -0.2) is 7.05 Å². The van der Waals surface area contributed by atoms with Gasteiger partial charge in [-0.15, -0.1) is 0 Å². The van der Waals surface area contributed by atoms with Gasteiger partial charge < -0.3 is 10.1 Å². The molecule has 0 unspecified atom stereocenters. The third kappa shape index (κ3) is 3.86. The summed E-state index contributed by atoms with van der Waals surface area (Å²) in [5, 5.41) is 4.22. The average Bonchev–Trinajstić information content (AvgIpc) is 2.37. The molecule has 0 aliphatic rings. The van der Waals surface area contributed by atoms with Gasteiger partial charge in [-0.2, -0.15) is 0 Å². The molecule has 0 radical (unpaired) electrons. The summed E-state index contributed by atoms with van der Waals surface area (Å²) in [6, 6.07) is 11.0. The van der Waals surface area contributed by atoms with Crippen molar-refractivity contribution in [1.82, 2.24) is 5.32 Å². The van der Waals surface area contributed by atoms with Crippen LogP contribution >= 0.6 is 39.1 Å². The molecule has 0 aromatic heterocycles. The lowest BCUT2D eigenvalue weighted by atomic mass is 10.2. The summed E-state index contributed by atoms with van der Waals surface area (Å²) in [5.41, 5.74) is 1.04. The summed E-state index contributed by atoms with van der Waals surface area (Å²) >= 11 is 15.5. The summed E-state index contributed by atoms with van der Waals surface area (Å²) < 4.78 is 6.81. The van der Waals surface area contributed by atoms with E-state index in [1.165, 1.54) is 0 Å². The monoisotopic (exact) mass is 359 g/mol. The third-order valence-electron chi connectivity index (χ3n) is 2.51. The van der Waals surface area contributed by atoms with Crippen LogP contribution in [0.4, 0.5) is 0 Å². The fourth-order valence-electron chi connectivity index (χ4n) is 1.63. The quantitative estimate of drug-likeness (QED) is 0.802. The van der Waals surface area contributed by atoms with Crippen LogP contribution in [0.25, 0.3) is 0 Å². The summed E-state index contributed by atoms with van der Waals surface area (Å²) in [6.07, 6.45) is 0. The zero-order valence-electron chi connectivity index (χ0n) is 10.2. The predicted octanol–water partition coefficient (Wildman–Crippen LogP) is 5.27. The van der Waals surface area contributed by atoms with Crippen molar-refractivity contribution >= 4 is 39.1 Å². The molecule has 0 spiro atoms. The van der Waals surface area contributed by atoms with E-state index in [1.54, 1.807) is 18.2 Å². The minimum atomic E-state index is 0.528. The molecule has 0 saturated carbocycles. The van der Waals surface area contributed by atoms with Crippen LogP contribution in [0, 0.1) is 0 Å². The maximum Gasteiger partial charge on any atom is 0.147 e. The summed E-state index contributed by atoms with van der Waals surface area (Å²) in [6.45, 7) is 0.709. The van der Waals surface area contributed by atoms with Crippen molar-refractivity contribution in [2.45, 2.75) is 6.54 Å². The van der Waals surface area contributed by atoms with Crippen molar-refractivity contribution < 1.29 is 4.74 Å². The molecule has 0 aliphatic carbocycles. The van der Waals surface area contributed by atoms with Crippen molar-refractivity contribution in [3.05, 3.63) is 56.5 Å². The largest absolute Gasteiger partial charge is 0.455 e. The molecule has 0 saturated heterocycles. The lowest BCUT2D eigenvalue weighted by Gasteiger charge is -2.13. The Morgan fingerprint density at radius 1 is 1.11 bits per heavy atom. The van der Waals surface area contributed by atoms with Gasteiger partial charge in [-0.25, -0.2) is 0 Å². The molecule has 19 heavy (non-hydrogen) atoms. The highest BCUT2D eigenvalue weighted by Gasteiger charge is 2.09. The summed E-state index contributed by atoms with van der Waals surface area (Å²) in [5.74, 6) is 1.29. The van der Waals surface area contributed by atoms with E-state index in [0.29, 0.717) is 22.3 Å². The second-order valence-corrected chi connectivity index (χ2v) is 5.72. The Morgan fingerprint density at radius 3 is 2.63 bits per heavy atom. The fourth-order valence-corrected chi connectivity index (χ4v) is 2.29. The van der Waals surface area contributed by atoms with Crippen LogP contribution in [-0.2, 0) is 6.54 Å². The first-order valence-corrected chi connectivity index (χ1v) is 7.21. The standard InChI is InChI=1S/C14H12BrCl2NO/c1-18-8-9-2-3-10(15)6-13(9)19-14-7-11(16)4-5-12(14)17/h2-7,18H,8H2,1H3. The van der Waals surface area contributed by atoms with Gasteiger partial charge in [0.25, 0.3) is 0 Å². The molecular weight excluding hydrogens is 349 g/mol. The molecule has 5 heteroatoms. The van der Waals surface area contributed by atoms with E-state index >= 15 is 0 Å². The molecule has 2 aromatic rings. The number of halogens is 3. The Kier molecular flexibility index (Phi) is 5.11. The molecule has 2 nitrogen and oxygen atoms in total. The number of ether oxygens (including phenoxy) is 1. The first-order chi connectivity index (χ1) is 9.10. The Hall–Kier alpha value is -0.740. The Morgan fingerprint density at radius 2 is 1.89 bits per heavy atom. The minimum absolute atomic E-state index is 0.528. The fraction of sp³-hybridized carbons (Fsp3) is 0.143. The van der Waals surface area contributed by atoms with E-state index in [9.17, 15) is 0 Å². The molecule has 0 heterocycles. The van der Waals surface area contributed by atoms with Gasteiger partial charge in [0.05, 0.1) is 5.02 Å². The molecule has 100 valence electrons. The van der Waals surface area contributed by atoms with Crippen LogP contribution in [0.5, 0.6) is 11.5 Å². The minimum Gasteiger partial charge on any atom is -0.455 e. The molecular formula is C14H12BrCl2NO. The van der Waals surface area contributed by atoms with E-state index in [1.807, 2.05) is 25.2 Å². The zero-order valence-corrected chi connectivity index (χ0v) is 13.3. The second kappa shape index (κ2) is 6.62. The first kappa shape index (κ1) is 14.7. The highest BCUT2D eigenvalue weighted by Crippen LogP contribution is 2.34. The van der Waals surface area contributed by atoms with E-state index in [4.69, 9.17) is 27.9 Å². The highest BCUT2D eigenvalue weighted by molar-refractivity contribution is 9.10. The number of hydrogen-bond donors (Lipinski definition) is 1. The molecule has 1 N–H and O–H groups in total. The molecule has 2 aromatic carbocycles. The highest BCUT2D eigenvalue weighted by atomic mass is 79.9. The normalized spacial score (nSPS) is 10.5. The van der Waals surface area contributed by atoms with Crippen LogP contribution in [0.1, 0.15) is 5.56 Å². The van der Waals surface area contributed by atoms with Crippen LogP contribution < -0.4 is 10.1 Å². The maximum atomic E-state index is 6.10. The van der Waals surface area contributed by atoms with Crippen molar-refractivity contribution in [2.24, 2.45) is 0 Å². The molecule has 0 fully saturated rings. The third-order valence-corrected chi connectivity index (χ3v) is 3.55. The van der Waals surface area contributed by atoms with Gasteiger partial charge in [-0.3, -0.25) is 0 Å². The number of benzene rings is 2. The molecule has 0 atom stereocenters. The lowest BCUT2D eigenvalue weighted by Crippen LogP contribution is -2.06. The van der Waals surface area contributed by atoms with Gasteiger partial charge in [-0.1, -0.05) is 45.2 Å². The van der Waals surface area contributed by atoms with Crippen molar-refractivity contribution in [3.63, 3.8) is 0 Å². The van der Waals surface area contributed by atoms with Gasteiger partial charge >= 0.3 is 0 Å². The Labute approximate surface area is 130 Å². The van der Waals surface area contributed by atoms with Gasteiger partial charge in [0.1, 0.15) is 11.5 Å². The predicted molar refractivity (Wildman–Crippen MR) is 83.4 cm³/mol. The van der Waals surface area contributed by atoms with Gasteiger partial charge in [0.2, 0.25) is 0 Å². The van der Waals surface area contributed by atoms with E-state index in [0.717, 1.165) is 15.8 Å². The van der Waals surface area contributed by atoms with E-state index < -0.39 is 0 Å². The van der Waals surface area contributed by atoms with Crippen molar-refractivity contribution in [2.75, 3.05) is 7.05 Å². The van der Waals surface area contributed by atoms with Gasteiger partial charge in [0, 0.05) is 27.7 Å². The number of nitrogens with one attached hydrogen (secondary N) is 1. The molecule has 0 bridgehead atoms. The number of hydrogen-bond acceptors (Lipinski definition) is 2.